The van der Waals surface area contributed by atoms with Crippen LogP contribution >= 0.6 is 0 Å². The predicted octanol–water partition coefficient (Wildman–Crippen LogP) is 2.52. The van der Waals surface area contributed by atoms with Crippen molar-refractivity contribution in [1.29, 1.82) is 0 Å². The van der Waals surface area contributed by atoms with Crippen LogP contribution in [0.25, 0.3) is 11.1 Å². The molecule has 0 radical (unpaired) electrons. The second kappa shape index (κ2) is 5.06. The zero-order valence-electron chi connectivity index (χ0n) is 13.1. The molecule has 5 heteroatoms. The van der Waals surface area contributed by atoms with Gasteiger partial charge in [-0.15, -0.1) is 0 Å². The largest absolute Gasteiger partial charge is 0.504 e. The molecule has 2 aromatic rings. The number of benzene rings is 2. The Morgan fingerprint density at radius 1 is 1.09 bits per heavy atom. The molecule has 1 heterocycles. The second-order valence-corrected chi connectivity index (χ2v) is 5.99. The molecule has 5 nitrogen and oxygen atoms in total. The summed E-state index contributed by atoms with van der Waals surface area (Å²) in [6.07, 6.45) is 1.64. The van der Waals surface area contributed by atoms with Crippen molar-refractivity contribution in [3.8, 4) is 34.1 Å². The summed E-state index contributed by atoms with van der Waals surface area (Å²) in [5.74, 6) is 1.03. The van der Waals surface area contributed by atoms with Crippen LogP contribution in [0.5, 0.6) is 23.0 Å². The highest BCUT2D eigenvalue weighted by Crippen LogP contribution is 2.54. The molecule has 1 aliphatic heterocycles. The molecular weight excluding hydrogens is 294 g/mol. The summed E-state index contributed by atoms with van der Waals surface area (Å²) in [6.45, 7) is 0.875. The predicted molar refractivity (Wildman–Crippen MR) is 86.5 cm³/mol. The van der Waals surface area contributed by atoms with E-state index in [9.17, 15) is 10.2 Å². The van der Waals surface area contributed by atoms with Crippen LogP contribution in [0.2, 0.25) is 0 Å². The normalized spacial score (nSPS) is 18.1. The van der Waals surface area contributed by atoms with Gasteiger partial charge in [-0.2, -0.15) is 0 Å². The molecule has 0 fully saturated rings. The SMILES string of the molecule is COc1ccc2c(c1O)-c1c(OC)c(O)cc3c1[C@H](C2)NCC3. The van der Waals surface area contributed by atoms with Crippen molar-refractivity contribution in [2.24, 2.45) is 0 Å². The first kappa shape index (κ1) is 14.2. The van der Waals surface area contributed by atoms with Crippen LogP contribution in [0.1, 0.15) is 22.7 Å². The number of phenols is 2. The van der Waals surface area contributed by atoms with Gasteiger partial charge in [-0.3, -0.25) is 0 Å². The summed E-state index contributed by atoms with van der Waals surface area (Å²) in [5.41, 5.74) is 4.72. The van der Waals surface area contributed by atoms with Gasteiger partial charge in [0, 0.05) is 17.2 Å². The number of aromatic hydroxyl groups is 2. The van der Waals surface area contributed by atoms with E-state index in [1.807, 2.05) is 6.07 Å². The van der Waals surface area contributed by atoms with Crippen molar-refractivity contribution >= 4 is 0 Å². The maximum absolute atomic E-state index is 10.7. The zero-order chi connectivity index (χ0) is 16.1. The van der Waals surface area contributed by atoms with Gasteiger partial charge in [-0.25, -0.2) is 0 Å². The number of nitrogens with one attached hydrogen (secondary N) is 1. The molecule has 4 rings (SSSR count). The molecule has 3 N–H and O–H groups in total. The third kappa shape index (κ3) is 1.90. The van der Waals surface area contributed by atoms with E-state index in [4.69, 9.17) is 9.47 Å². The highest BCUT2D eigenvalue weighted by molar-refractivity contribution is 5.88. The van der Waals surface area contributed by atoms with E-state index in [0.29, 0.717) is 17.1 Å². The molecule has 1 atom stereocenters. The Morgan fingerprint density at radius 2 is 1.91 bits per heavy atom. The Hall–Kier alpha value is -2.40. The van der Waals surface area contributed by atoms with Crippen molar-refractivity contribution in [3.63, 3.8) is 0 Å². The highest BCUT2D eigenvalue weighted by Gasteiger charge is 2.35. The van der Waals surface area contributed by atoms with Gasteiger partial charge in [0.2, 0.25) is 0 Å². The summed E-state index contributed by atoms with van der Waals surface area (Å²) >= 11 is 0. The molecule has 0 spiro atoms. The summed E-state index contributed by atoms with van der Waals surface area (Å²) in [7, 11) is 3.07. The third-order valence-corrected chi connectivity index (χ3v) is 4.84. The highest BCUT2D eigenvalue weighted by atomic mass is 16.5. The lowest BCUT2D eigenvalue weighted by atomic mass is 9.77. The first-order valence-corrected chi connectivity index (χ1v) is 7.71. The quantitative estimate of drug-likeness (QED) is 0.795. The van der Waals surface area contributed by atoms with Crippen LogP contribution in [0, 0.1) is 0 Å². The van der Waals surface area contributed by atoms with E-state index >= 15 is 0 Å². The molecule has 2 aromatic carbocycles. The maximum atomic E-state index is 10.7. The average molecular weight is 313 g/mol. The van der Waals surface area contributed by atoms with Crippen LogP contribution in [0.4, 0.5) is 0 Å². The van der Waals surface area contributed by atoms with E-state index in [1.165, 1.54) is 14.2 Å². The lowest BCUT2D eigenvalue weighted by Gasteiger charge is -2.35. The lowest BCUT2D eigenvalue weighted by Crippen LogP contribution is -2.33. The van der Waals surface area contributed by atoms with E-state index < -0.39 is 0 Å². The molecule has 0 saturated heterocycles. The summed E-state index contributed by atoms with van der Waals surface area (Å²) in [4.78, 5) is 0. The number of phenolic OH excluding ortho intramolecular Hbond substituents is 2. The summed E-state index contributed by atoms with van der Waals surface area (Å²) < 4.78 is 10.7. The van der Waals surface area contributed by atoms with Crippen molar-refractivity contribution in [3.05, 3.63) is 34.9 Å². The minimum atomic E-state index is 0.0973. The minimum Gasteiger partial charge on any atom is -0.504 e. The van der Waals surface area contributed by atoms with E-state index in [2.05, 4.69) is 5.32 Å². The van der Waals surface area contributed by atoms with Gasteiger partial charge < -0.3 is 25.0 Å². The van der Waals surface area contributed by atoms with Crippen molar-refractivity contribution in [2.75, 3.05) is 20.8 Å². The molecule has 0 bridgehead atoms. The van der Waals surface area contributed by atoms with Crippen molar-refractivity contribution < 1.29 is 19.7 Å². The Morgan fingerprint density at radius 3 is 2.65 bits per heavy atom. The van der Waals surface area contributed by atoms with Gasteiger partial charge in [-0.05, 0) is 48.2 Å². The zero-order valence-corrected chi connectivity index (χ0v) is 13.1. The smallest absolute Gasteiger partial charge is 0.168 e. The summed E-state index contributed by atoms with van der Waals surface area (Å²) in [5, 5.41) is 24.6. The van der Waals surface area contributed by atoms with Crippen LogP contribution in [0.15, 0.2) is 18.2 Å². The van der Waals surface area contributed by atoms with Gasteiger partial charge in [0.1, 0.15) is 0 Å². The molecule has 120 valence electrons. The molecule has 2 aliphatic rings. The van der Waals surface area contributed by atoms with Crippen LogP contribution in [-0.2, 0) is 12.8 Å². The number of ether oxygens (including phenoxy) is 2. The lowest BCUT2D eigenvalue weighted by molar-refractivity contribution is 0.365. The van der Waals surface area contributed by atoms with Crippen molar-refractivity contribution in [2.45, 2.75) is 18.9 Å². The fraction of sp³-hybridized carbons (Fsp3) is 0.333. The molecule has 0 unspecified atom stereocenters. The molecule has 0 amide bonds. The third-order valence-electron chi connectivity index (χ3n) is 4.84. The van der Waals surface area contributed by atoms with E-state index in [-0.39, 0.29) is 17.5 Å². The fourth-order valence-electron chi connectivity index (χ4n) is 3.88. The summed E-state index contributed by atoms with van der Waals surface area (Å²) in [6, 6.07) is 5.70. The molecular formula is C18H19NO4. The molecule has 0 saturated carbocycles. The monoisotopic (exact) mass is 313 g/mol. The minimum absolute atomic E-state index is 0.0973. The van der Waals surface area contributed by atoms with Gasteiger partial charge in [0.15, 0.2) is 23.0 Å². The second-order valence-electron chi connectivity index (χ2n) is 5.99. The van der Waals surface area contributed by atoms with E-state index in [1.54, 1.807) is 12.1 Å². The van der Waals surface area contributed by atoms with Crippen LogP contribution in [0.3, 0.4) is 0 Å². The van der Waals surface area contributed by atoms with Crippen molar-refractivity contribution in [1.82, 2.24) is 5.32 Å². The topological polar surface area (TPSA) is 71.0 Å². The number of hydrogen-bond donors (Lipinski definition) is 3. The van der Waals surface area contributed by atoms with E-state index in [0.717, 1.165) is 41.6 Å². The number of methoxy groups -OCH3 is 2. The van der Waals surface area contributed by atoms with Gasteiger partial charge in [0.25, 0.3) is 0 Å². The number of rotatable bonds is 2. The first-order chi connectivity index (χ1) is 11.2. The molecule has 0 aromatic heterocycles. The number of fused-ring (bicyclic) bond motifs is 2. The first-order valence-electron chi connectivity index (χ1n) is 7.71. The van der Waals surface area contributed by atoms with Crippen LogP contribution in [-0.4, -0.2) is 31.0 Å². The van der Waals surface area contributed by atoms with Crippen LogP contribution < -0.4 is 14.8 Å². The average Bonchev–Trinajstić information content (AvgIpc) is 2.55. The molecule has 1 aliphatic carbocycles. The van der Waals surface area contributed by atoms with Gasteiger partial charge in [-0.1, -0.05) is 6.07 Å². The molecule has 23 heavy (non-hydrogen) atoms. The Balaban J connectivity index is 2.11. The Bertz CT molecular complexity index is 800. The standard InChI is InChI=1S/C18H19NO4/c1-22-13-4-3-9-7-11-14-10(5-6-19-11)8-12(20)18(23-2)16(14)15(9)17(13)21/h3-4,8,11,19-21H,5-7H2,1-2H3/t11-/m0/s1. The maximum Gasteiger partial charge on any atom is 0.168 e. The number of hydrogen-bond acceptors (Lipinski definition) is 5. The fourth-order valence-corrected chi connectivity index (χ4v) is 3.88. The Labute approximate surface area is 134 Å². The van der Waals surface area contributed by atoms with Gasteiger partial charge >= 0.3 is 0 Å². The Kier molecular flexibility index (Phi) is 3.13. The van der Waals surface area contributed by atoms with Gasteiger partial charge in [0.05, 0.1) is 14.2 Å².